The van der Waals surface area contributed by atoms with Crippen LogP contribution < -0.4 is 0 Å². The van der Waals surface area contributed by atoms with Gasteiger partial charge in [0, 0.05) is 22.1 Å². The molecule has 0 nitrogen and oxygen atoms in total. The number of hydrogen-bond donors (Lipinski definition) is 0. The van der Waals surface area contributed by atoms with Crippen molar-refractivity contribution < 1.29 is 8.78 Å². The summed E-state index contributed by atoms with van der Waals surface area (Å²) >= 11 is 7.03. The summed E-state index contributed by atoms with van der Waals surface area (Å²) in [5.74, 6) is -2.39. The molecule has 1 aromatic carbocycles. The van der Waals surface area contributed by atoms with E-state index >= 15 is 0 Å². The molecule has 0 bridgehead atoms. The lowest BCUT2D eigenvalue weighted by molar-refractivity contribution is -0.0522. The molecule has 1 aliphatic carbocycles. The molecule has 2 atom stereocenters. The van der Waals surface area contributed by atoms with Crippen LogP contribution in [0, 0.1) is 5.92 Å². The maximum absolute atomic E-state index is 13.4. The van der Waals surface area contributed by atoms with Gasteiger partial charge in [0.05, 0.1) is 0 Å². The third-order valence-electron chi connectivity index (χ3n) is 3.51. The number of hydrogen-bond acceptors (Lipinski definition) is 0. The number of rotatable bonds is 3. The molecule has 1 saturated carbocycles. The van der Waals surface area contributed by atoms with Crippen molar-refractivity contribution >= 4 is 31.9 Å². The van der Waals surface area contributed by atoms with Crippen molar-refractivity contribution in [2.75, 3.05) is 0 Å². The van der Waals surface area contributed by atoms with Gasteiger partial charge in [0.1, 0.15) is 0 Å². The van der Waals surface area contributed by atoms with Gasteiger partial charge in [-0.15, -0.1) is 0 Å². The third-order valence-corrected chi connectivity index (χ3v) is 5.07. The van der Waals surface area contributed by atoms with Crippen LogP contribution in [0.3, 0.4) is 0 Å². The molecule has 100 valence electrons. The third kappa shape index (κ3) is 4.02. The molecule has 4 heteroatoms. The van der Waals surface area contributed by atoms with Crippen LogP contribution in [-0.4, -0.2) is 10.7 Å². The lowest BCUT2D eigenvalue weighted by Crippen LogP contribution is -2.31. The van der Waals surface area contributed by atoms with Gasteiger partial charge in [0.15, 0.2) is 0 Å². The molecule has 2 rings (SSSR count). The van der Waals surface area contributed by atoms with Crippen LogP contribution in [0.1, 0.15) is 31.2 Å². The standard InChI is InChI=1S/C14H16Br2F2/c15-12-5-1-3-10(7-12)8-13(16)11-4-2-6-14(17,18)9-11/h1,3,5,7,11,13H,2,4,6,8-9H2. The number of benzene rings is 1. The molecule has 0 aromatic heterocycles. The van der Waals surface area contributed by atoms with E-state index in [1.54, 1.807) is 0 Å². The molecule has 0 heterocycles. The second kappa shape index (κ2) is 6.00. The Kier molecular flexibility index (Phi) is 4.81. The molecule has 1 aromatic rings. The Morgan fingerprint density at radius 3 is 2.83 bits per heavy atom. The van der Waals surface area contributed by atoms with E-state index < -0.39 is 5.92 Å². The van der Waals surface area contributed by atoms with Crippen molar-refractivity contribution in [3.05, 3.63) is 34.3 Å². The summed E-state index contributed by atoms with van der Waals surface area (Å²) in [6, 6.07) is 8.05. The molecule has 0 spiro atoms. The van der Waals surface area contributed by atoms with Crippen molar-refractivity contribution in [3.8, 4) is 0 Å². The van der Waals surface area contributed by atoms with Gasteiger partial charge in [-0.25, -0.2) is 8.78 Å². The van der Waals surface area contributed by atoms with Crippen LogP contribution in [0.2, 0.25) is 0 Å². The molecule has 2 unspecified atom stereocenters. The Morgan fingerprint density at radius 2 is 2.17 bits per heavy atom. The summed E-state index contributed by atoms with van der Waals surface area (Å²) in [7, 11) is 0. The van der Waals surface area contributed by atoms with Crippen molar-refractivity contribution in [2.45, 2.75) is 42.9 Å². The average Bonchev–Trinajstić information content (AvgIpc) is 2.27. The Bertz CT molecular complexity index is 407. The van der Waals surface area contributed by atoms with Crippen molar-refractivity contribution in [3.63, 3.8) is 0 Å². The molecular weight excluding hydrogens is 366 g/mol. The van der Waals surface area contributed by atoms with Gasteiger partial charge in [-0.2, -0.15) is 0 Å². The molecule has 0 N–H and O–H groups in total. The van der Waals surface area contributed by atoms with Crippen LogP contribution in [0.25, 0.3) is 0 Å². The first-order chi connectivity index (χ1) is 8.46. The highest BCUT2D eigenvalue weighted by molar-refractivity contribution is 9.10. The van der Waals surface area contributed by atoms with Gasteiger partial charge in [0.25, 0.3) is 0 Å². The minimum absolute atomic E-state index is 0.0247. The van der Waals surface area contributed by atoms with E-state index in [0.717, 1.165) is 17.3 Å². The maximum atomic E-state index is 13.4. The summed E-state index contributed by atoms with van der Waals surface area (Å²) in [4.78, 5) is 0.137. The largest absolute Gasteiger partial charge is 0.248 e. The van der Waals surface area contributed by atoms with Gasteiger partial charge in [-0.3, -0.25) is 0 Å². The van der Waals surface area contributed by atoms with Crippen molar-refractivity contribution in [1.29, 1.82) is 0 Å². The van der Waals surface area contributed by atoms with E-state index in [0.29, 0.717) is 6.42 Å². The van der Waals surface area contributed by atoms with Crippen LogP contribution in [0.5, 0.6) is 0 Å². The van der Waals surface area contributed by atoms with E-state index in [-0.39, 0.29) is 23.6 Å². The second-order valence-electron chi connectivity index (χ2n) is 5.06. The first-order valence-corrected chi connectivity index (χ1v) is 7.93. The molecule has 1 aliphatic rings. The predicted octanol–water partition coefficient (Wildman–Crippen LogP) is 5.58. The number of halogens is 4. The Hall–Kier alpha value is 0.0400. The van der Waals surface area contributed by atoms with Crippen LogP contribution >= 0.6 is 31.9 Å². The van der Waals surface area contributed by atoms with Crippen molar-refractivity contribution in [2.24, 2.45) is 5.92 Å². The SMILES string of the molecule is FC1(F)CCCC(C(Br)Cc2cccc(Br)c2)C1. The molecular formula is C14H16Br2F2. The summed E-state index contributed by atoms with van der Waals surface area (Å²) in [5.41, 5.74) is 1.18. The maximum Gasteiger partial charge on any atom is 0.248 e. The summed E-state index contributed by atoms with van der Waals surface area (Å²) in [6.07, 6.45) is 2.43. The lowest BCUT2D eigenvalue weighted by atomic mass is 9.83. The summed E-state index contributed by atoms with van der Waals surface area (Å²) in [5, 5.41) is 0. The molecule has 0 radical (unpaired) electrons. The van der Waals surface area contributed by atoms with Crippen LogP contribution in [0.15, 0.2) is 28.7 Å². The summed E-state index contributed by atoms with van der Waals surface area (Å²) in [6.45, 7) is 0. The van der Waals surface area contributed by atoms with E-state index in [4.69, 9.17) is 0 Å². The van der Waals surface area contributed by atoms with Gasteiger partial charge < -0.3 is 0 Å². The summed E-state index contributed by atoms with van der Waals surface area (Å²) < 4.78 is 27.8. The quantitative estimate of drug-likeness (QED) is 0.599. The van der Waals surface area contributed by atoms with Crippen LogP contribution in [-0.2, 0) is 6.42 Å². The average molecular weight is 382 g/mol. The first-order valence-electron chi connectivity index (χ1n) is 6.23. The molecule has 18 heavy (non-hydrogen) atoms. The normalized spacial score (nSPS) is 24.8. The topological polar surface area (TPSA) is 0 Å². The van der Waals surface area contributed by atoms with E-state index in [1.807, 2.05) is 18.2 Å². The minimum Gasteiger partial charge on any atom is -0.207 e. The van der Waals surface area contributed by atoms with Crippen molar-refractivity contribution in [1.82, 2.24) is 0 Å². The van der Waals surface area contributed by atoms with E-state index in [9.17, 15) is 8.78 Å². The zero-order valence-corrected chi connectivity index (χ0v) is 13.2. The highest BCUT2D eigenvalue weighted by atomic mass is 79.9. The highest BCUT2D eigenvalue weighted by Gasteiger charge is 2.38. The first kappa shape index (κ1) is 14.4. The van der Waals surface area contributed by atoms with Gasteiger partial charge >= 0.3 is 0 Å². The van der Waals surface area contributed by atoms with Gasteiger partial charge in [0.2, 0.25) is 5.92 Å². The second-order valence-corrected chi connectivity index (χ2v) is 7.15. The predicted molar refractivity (Wildman–Crippen MR) is 77.5 cm³/mol. The monoisotopic (exact) mass is 380 g/mol. The Balaban J connectivity index is 1.97. The fraction of sp³-hybridized carbons (Fsp3) is 0.571. The molecule has 1 fully saturated rings. The minimum atomic E-state index is -2.47. The van der Waals surface area contributed by atoms with Crippen LogP contribution in [0.4, 0.5) is 8.78 Å². The molecule has 0 amide bonds. The Morgan fingerprint density at radius 1 is 1.39 bits per heavy atom. The Labute approximate surface area is 123 Å². The molecule has 0 aliphatic heterocycles. The fourth-order valence-corrected chi connectivity index (χ4v) is 3.85. The van der Waals surface area contributed by atoms with E-state index in [2.05, 4.69) is 37.9 Å². The lowest BCUT2D eigenvalue weighted by Gasteiger charge is -2.32. The van der Waals surface area contributed by atoms with Gasteiger partial charge in [-0.1, -0.05) is 44.0 Å². The van der Waals surface area contributed by atoms with E-state index in [1.165, 1.54) is 5.56 Å². The zero-order chi connectivity index (χ0) is 13.2. The zero-order valence-electron chi connectivity index (χ0n) is 10.0. The smallest absolute Gasteiger partial charge is 0.207 e. The fourth-order valence-electron chi connectivity index (χ4n) is 2.58. The number of alkyl halides is 3. The molecule has 0 saturated heterocycles. The highest BCUT2D eigenvalue weighted by Crippen LogP contribution is 2.40. The van der Waals surface area contributed by atoms with Gasteiger partial charge in [-0.05, 0) is 42.9 Å².